The van der Waals surface area contributed by atoms with Crippen LogP contribution in [0.5, 0.6) is 0 Å². The molecule has 1 atom stereocenters. The number of benzene rings is 1. The molecule has 1 heterocycles. The molecule has 0 aliphatic rings. The van der Waals surface area contributed by atoms with E-state index in [1.807, 2.05) is 17.5 Å². The second-order valence-electron chi connectivity index (χ2n) is 5.78. The SMILES string of the molecule is CN(Cc1cccs1)C(=O)COC(=O)CC(NC(N)=O)c1ccccc1Cl. The molecule has 9 heteroatoms. The summed E-state index contributed by atoms with van der Waals surface area (Å²) in [6, 6.07) is 9.06. The lowest BCUT2D eigenvalue weighted by Gasteiger charge is -2.19. The van der Waals surface area contributed by atoms with E-state index in [0.717, 1.165) is 4.88 Å². The Labute approximate surface area is 166 Å². The van der Waals surface area contributed by atoms with Gasteiger partial charge in [0.05, 0.1) is 19.0 Å². The van der Waals surface area contributed by atoms with Crippen LogP contribution in [0.4, 0.5) is 4.79 Å². The van der Waals surface area contributed by atoms with E-state index in [2.05, 4.69) is 5.32 Å². The van der Waals surface area contributed by atoms with Crippen molar-refractivity contribution in [3.63, 3.8) is 0 Å². The smallest absolute Gasteiger partial charge is 0.312 e. The van der Waals surface area contributed by atoms with Crippen molar-refractivity contribution in [3.8, 4) is 0 Å². The molecule has 7 nitrogen and oxygen atoms in total. The summed E-state index contributed by atoms with van der Waals surface area (Å²) in [6.07, 6.45) is -0.200. The average molecular weight is 410 g/mol. The molecule has 0 spiro atoms. The molecule has 2 rings (SSSR count). The Morgan fingerprint density at radius 2 is 2.00 bits per heavy atom. The molecule has 1 aromatic heterocycles. The Bertz CT molecular complexity index is 798. The van der Waals surface area contributed by atoms with Crippen LogP contribution in [0.25, 0.3) is 0 Å². The van der Waals surface area contributed by atoms with Crippen molar-refractivity contribution in [2.75, 3.05) is 13.7 Å². The number of thiophene rings is 1. The molecule has 0 saturated carbocycles. The molecule has 0 aliphatic heterocycles. The first-order valence-electron chi connectivity index (χ1n) is 8.09. The lowest BCUT2D eigenvalue weighted by atomic mass is 10.0. The number of urea groups is 1. The first kappa shape index (κ1) is 20.7. The van der Waals surface area contributed by atoms with Crippen LogP contribution in [0.15, 0.2) is 41.8 Å². The standard InChI is InChI=1S/C18H20ClN3O4S/c1-22(10-12-5-4-8-27-12)16(23)11-26-17(24)9-15(21-18(20)25)13-6-2-3-7-14(13)19/h2-8,15H,9-11H2,1H3,(H3,20,21,25). The molecule has 0 aliphatic carbocycles. The van der Waals surface area contributed by atoms with Crippen LogP contribution in [0, 0.1) is 0 Å². The number of nitrogens with one attached hydrogen (secondary N) is 1. The number of nitrogens with two attached hydrogens (primary N) is 1. The van der Waals surface area contributed by atoms with Crippen LogP contribution in [0.1, 0.15) is 22.9 Å². The summed E-state index contributed by atoms with van der Waals surface area (Å²) in [5, 5.41) is 4.78. The number of amides is 3. The zero-order chi connectivity index (χ0) is 19.8. The van der Waals surface area contributed by atoms with Gasteiger partial charge in [-0.25, -0.2) is 4.79 Å². The average Bonchev–Trinajstić information content (AvgIpc) is 3.12. The second-order valence-corrected chi connectivity index (χ2v) is 7.22. The van der Waals surface area contributed by atoms with E-state index >= 15 is 0 Å². The van der Waals surface area contributed by atoms with E-state index in [1.54, 1.807) is 31.3 Å². The van der Waals surface area contributed by atoms with Crippen molar-refractivity contribution in [1.29, 1.82) is 0 Å². The number of likely N-dealkylation sites (N-methyl/N-ethyl adjacent to an activating group) is 1. The molecule has 3 amide bonds. The Morgan fingerprint density at radius 1 is 1.26 bits per heavy atom. The summed E-state index contributed by atoms with van der Waals surface area (Å²) >= 11 is 7.66. The minimum absolute atomic E-state index is 0.200. The molecule has 1 unspecified atom stereocenters. The first-order valence-corrected chi connectivity index (χ1v) is 9.35. The molecule has 144 valence electrons. The second kappa shape index (κ2) is 9.94. The predicted octanol–water partition coefficient (Wildman–Crippen LogP) is 2.70. The molecule has 27 heavy (non-hydrogen) atoms. The lowest BCUT2D eigenvalue weighted by molar-refractivity contribution is -0.152. The van der Waals surface area contributed by atoms with Gasteiger partial charge in [0.15, 0.2) is 6.61 Å². The number of primary amides is 1. The number of hydrogen-bond acceptors (Lipinski definition) is 5. The summed E-state index contributed by atoms with van der Waals surface area (Å²) in [5.74, 6) is -0.972. The third-order valence-corrected chi connectivity index (χ3v) is 4.93. The maximum Gasteiger partial charge on any atom is 0.312 e. The van der Waals surface area contributed by atoms with E-state index in [0.29, 0.717) is 17.1 Å². The van der Waals surface area contributed by atoms with Crippen LogP contribution in [-0.4, -0.2) is 36.5 Å². The Morgan fingerprint density at radius 3 is 2.63 bits per heavy atom. The Kier molecular flexibility index (Phi) is 7.63. The molecular formula is C18H20ClN3O4S. The highest BCUT2D eigenvalue weighted by Gasteiger charge is 2.21. The topological polar surface area (TPSA) is 102 Å². The number of carbonyl (C=O) groups is 3. The van der Waals surface area contributed by atoms with Gasteiger partial charge in [0.2, 0.25) is 0 Å². The predicted molar refractivity (Wildman–Crippen MR) is 103 cm³/mol. The summed E-state index contributed by atoms with van der Waals surface area (Å²) in [7, 11) is 1.64. The van der Waals surface area contributed by atoms with E-state index in [-0.39, 0.29) is 18.9 Å². The fraction of sp³-hybridized carbons (Fsp3) is 0.278. The molecule has 2 aromatic rings. The van der Waals surface area contributed by atoms with Crippen LogP contribution in [0.3, 0.4) is 0 Å². The monoisotopic (exact) mass is 409 g/mol. The summed E-state index contributed by atoms with van der Waals surface area (Å²) in [4.78, 5) is 38.0. The van der Waals surface area contributed by atoms with Crippen LogP contribution >= 0.6 is 22.9 Å². The minimum atomic E-state index is -0.792. The molecule has 0 radical (unpaired) electrons. The Balaban J connectivity index is 1.90. The number of halogens is 1. The number of esters is 1. The third kappa shape index (κ3) is 6.58. The van der Waals surface area contributed by atoms with Crippen LogP contribution in [-0.2, 0) is 20.9 Å². The first-order chi connectivity index (χ1) is 12.9. The molecular weight excluding hydrogens is 390 g/mol. The van der Waals surface area contributed by atoms with Crippen LogP contribution < -0.4 is 11.1 Å². The summed E-state index contributed by atoms with van der Waals surface area (Å²) < 4.78 is 5.06. The molecule has 0 bridgehead atoms. The van der Waals surface area contributed by atoms with Crippen molar-refractivity contribution in [3.05, 3.63) is 57.2 Å². The molecule has 0 fully saturated rings. The largest absolute Gasteiger partial charge is 0.455 e. The lowest BCUT2D eigenvalue weighted by Crippen LogP contribution is -2.35. The molecule has 3 N–H and O–H groups in total. The summed E-state index contributed by atoms with van der Waals surface area (Å²) in [6.45, 7) is 0.0616. The van der Waals surface area contributed by atoms with Gasteiger partial charge in [-0.2, -0.15) is 0 Å². The van der Waals surface area contributed by atoms with Crippen molar-refractivity contribution >= 4 is 40.8 Å². The molecule has 1 aromatic carbocycles. The normalized spacial score (nSPS) is 11.5. The van der Waals surface area contributed by atoms with Crippen LogP contribution in [0.2, 0.25) is 5.02 Å². The highest BCUT2D eigenvalue weighted by atomic mass is 35.5. The molecule has 0 saturated heterocycles. The van der Waals surface area contributed by atoms with Gasteiger partial charge in [-0.3, -0.25) is 9.59 Å². The van der Waals surface area contributed by atoms with Crippen molar-refractivity contribution in [2.45, 2.75) is 19.0 Å². The van der Waals surface area contributed by atoms with Crippen molar-refractivity contribution in [1.82, 2.24) is 10.2 Å². The maximum absolute atomic E-state index is 12.1. The number of hydrogen-bond donors (Lipinski definition) is 2. The Hall–Kier alpha value is -2.58. The quantitative estimate of drug-likeness (QED) is 0.654. The van der Waals surface area contributed by atoms with Gasteiger partial charge in [-0.1, -0.05) is 35.9 Å². The minimum Gasteiger partial charge on any atom is -0.455 e. The van der Waals surface area contributed by atoms with E-state index in [4.69, 9.17) is 22.1 Å². The van der Waals surface area contributed by atoms with Gasteiger partial charge < -0.3 is 20.7 Å². The zero-order valence-electron chi connectivity index (χ0n) is 14.7. The number of rotatable bonds is 8. The maximum atomic E-state index is 12.1. The van der Waals surface area contributed by atoms with E-state index in [9.17, 15) is 14.4 Å². The van der Waals surface area contributed by atoms with Gasteiger partial charge in [-0.05, 0) is 23.1 Å². The van der Waals surface area contributed by atoms with Gasteiger partial charge >= 0.3 is 12.0 Å². The van der Waals surface area contributed by atoms with Gasteiger partial charge in [0.25, 0.3) is 5.91 Å². The summed E-state index contributed by atoms with van der Waals surface area (Å²) in [5.41, 5.74) is 5.72. The highest BCUT2D eigenvalue weighted by Crippen LogP contribution is 2.25. The fourth-order valence-corrected chi connectivity index (χ4v) is 3.40. The fourth-order valence-electron chi connectivity index (χ4n) is 2.37. The van der Waals surface area contributed by atoms with Crippen molar-refractivity contribution in [2.24, 2.45) is 5.73 Å². The van der Waals surface area contributed by atoms with Gasteiger partial charge in [0.1, 0.15) is 0 Å². The number of carbonyl (C=O) groups excluding carboxylic acids is 3. The van der Waals surface area contributed by atoms with E-state index in [1.165, 1.54) is 16.2 Å². The number of ether oxygens (including phenoxy) is 1. The van der Waals surface area contributed by atoms with Gasteiger partial charge in [-0.15, -0.1) is 11.3 Å². The van der Waals surface area contributed by atoms with Crippen molar-refractivity contribution < 1.29 is 19.1 Å². The van der Waals surface area contributed by atoms with Gasteiger partial charge in [0, 0.05) is 16.9 Å². The third-order valence-electron chi connectivity index (χ3n) is 3.72. The zero-order valence-corrected chi connectivity index (χ0v) is 16.3. The highest BCUT2D eigenvalue weighted by molar-refractivity contribution is 7.09. The number of nitrogens with zero attached hydrogens (tertiary/aromatic N) is 1. The van der Waals surface area contributed by atoms with E-state index < -0.39 is 18.0 Å².